The maximum atomic E-state index is 12.8. The van der Waals surface area contributed by atoms with Crippen molar-refractivity contribution in [2.24, 2.45) is 0 Å². The van der Waals surface area contributed by atoms with E-state index < -0.39 is 0 Å². The molecule has 156 valence electrons. The van der Waals surface area contributed by atoms with Gasteiger partial charge in [-0.15, -0.1) is 0 Å². The highest BCUT2D eigenvalue weighted by Gasteiger charge is 2.14. The predicted octanol–water partition coefficient (Wildman–Crippen LogP) is 4.54. The third-order valence-electron chi connectivity index (χ3n) is 5.40. The molecule has 0 saturated carbocycles. The van der Waals surface area contributed by atoms with Crippen molar-refractivity contribution in [2.45, 2.75) is 39.3 Å². The quantitative estimate of drug-likeness (QED) is 0.574. The summed E-state index contributed by atoms with van der Waals surface area (Å²) in [4.78, 5) is 15.2. The van der Waals surface area contributed by atoms with Crippen molar-refractivity contribution < 1.29 is 4.79 Å². The number of carbonyl (C=O) groups is 1. The monoisotopic (exact) mass is 421 g/mol. The molecule has 3 aromatic rings. The number of nitrogens with zero attached hydrogens (tertiary/aromatic N) is 3. The number of hydrogen-bond donors (Lipinski definition) is 2. The Morgan fingerprint density at radius 3 is 2.73 bits per heavy atom. The first-order valence-corrected chi connectivity index (χ1v) is 10.8. The highest BCUT2D eigenvalue weighted by molar-refractivity contribution is 7.71. The van der Waals surface area contributed by atoms with E-state index in [9.17, 15) is 4.79 Å². The van der Waals surface area contributed by atoms with Crippen LogP contribution in [-0.4, -0.2) is 38.7 Å². The summed E-state index contributed by atoms with van der Waals surface area (Å²) in [6, 6.07) is 16.1. The summed E-state index contributed by atoms with van der Waals surface area (Å²) < 4.78 is 2.16. The van der Waals surface area contributed by atoms with E-state index in [1.807, 2.05) is 43.3 Å². The number of piperidine rings is 1. The standard InChI is InChI=1S/C23H27N5OS/c1-17-7-5-9-19(13-17)22-25-26-23(30)28(22)16-21(29)24-20-10-6-8-18(14-20)15-27-11-3-2-4-12-27/h5-10,13-14H,2-4,11-12,15-16H2,1H3,(H,24,29)(H,26,30). The van der Waals surface area contributed by atoms with Crippen LogP contribution in [0, 0.1) is 11.7 Å². The first kappa shape index (κ1) is 20.5. The number of likely N-dealkylation sites (tertiary alicyclic amines) is 1. The van der Waals surface area contributed by atoms with Crippen LogP contribution in [0.15, 0.2) is 48.5 Å². The lowest BCUT2D eigenvalue weighted by Gasteiger charge is -2.26. The average Bonchev–Trinajstić information content (AvgIpc) is 3.09. The first-order chi connectivity index (χ1) is 14.6. The second-order valence-electron chi connectivity index (χ2n) is 7.89. The van der Waals surface area contributed by atoms with Gasteiger partial charge in [0.2, 0.25) is 5.91 Å². The van der Waals surface area contributed by atoms with Gasteiger partial charge in [-0.2, -0.15) is 5.10 Å². The largest absolute Gasteiger partial charge is 0.325 e. The van der Waals surface area contributed by atoms with Gasteiger partial charge in [0.1, 0.15) is 6.54 Å². The normalized spacial score (nSPS) is 14.6. The number of aromatic nitrogens is 3. The molecule has 0 atom stereocenters. The second kappa shape index (κ2) is 9.36. The number of rotatable bonds is 6. The SMILES string of the molecule is Cc1cccc(-c2n[nH]c(=S)n2CC(=O)Nc2cccc(CN3CCCCC3)c2)c1. The van der Waals surface area contributed by atoms with Crippen molar-refractivity contribution in [1.29, 1.82) is 0 Å². The smallest absolute Gasteiger partial charge is 0.244 e. The van der Waals surface area contributed by atoms with Gasteiger partial charge in [0, 0.05) is 17.8 Å². The molecule has 2 N–H and O–H groups in total. The lowest BCUT2D eigenvalue weighted by molar-refractivity contribution is -0.116. The lowest BCUT2D eigenvalue weighted by Crippen LogP contribution is -2.29. The number of anilines is 1. The molecular weight excluding hydrogens is 394 g/mol. The van der Waals surface area contributed by atoms with Crippen LogP contribution in [0.1, 0.15) is 30.4 Å². The zero-order valence-electron chi connectivity index (χ0n) is 17.2. The first-order valence-electron chi connectivity index (χ1n) is 10.4. The van der Waals surface area contributed by atoms with Crippen molar-refractivity contribution in [3.63, 3.8) is 0 Å². The van der Waals surface area contributed by atoms with Gasteiger partial charge in [-0.1, -0.05) is 42.3 Å². The van der Waals surface area contributed by atoms with E-state index >= 15 is 0 Å². The van der Waals surface area contributed by atoms with Crippen molar-refractivity contribution in [3.05, 3.63) is 64.4 Å². The highest BCUT2D eigenvalue weighted by atomic mass is 32.1. The molecule has 1 fully saturated rings. The number of nitrogens with one attached hydrogen (secondary N) is 2. The number of aromatic amines is 1. The van der Waals surface area contributed by atoms with Crippen molar-refractivity contribution in [3.8, 4) is 11.4 Å². The van der Waals surface area contributed by atoms with E-state index in [-0.39, 0.29) is 12.5 Å². The second-order valence-corrected chi connectivity index (χ2v) is 8.28. The molecule has 7 heteroatoms. The summed E-state index contributed by atoms with van der Waals surface area (Å²) in [7, 11) is 0. The fourth-order valence-electron chi connectivity index (χ4n) is 3.94. The molecule has 1 aromatic heterocycles. The minimum absolute atomic E-state index is 0.106. The van der Waals surface area contributed by atoms with Crippen LogP contribution < -0.4 is 5.32 Å². The van der Waals surface area contributed by atoms with Crippen LogP contribution in [0.3, 0.4) is 0 Å². The molecule has 0 radical (unpaired) electrons. The number of aryl methyl sites for hydroxylation is 1. The summed E-state index contributed by atoms with van der Waals surface area (Å²) in [5.74, 6) is 0.536. The van der Waals surface area contributed by atoms with Crippen LogP contribution in [0.25, 0.3) is 11.4 Å². The molecule has 30 heavy (non-hydrogen) atoms. The van der Waals surface area contributed by atoms with Crippen molar-refractivity contribution in [2.75, 3.05) is 18.4 Å². The molecule has 6 nitrogen and oxygen atoms in total. The van der Waals surface area contributed by atoms with Crippen LogP contribution in [-0.2, 0) is 17.9 Å². The van der Waals surface area contributed by atoms with E-state index in [1.165, 1.54) is 24.8 Å². The summed E-state index contributed by atoms with van der Waals surface area (Å²) in [6.45, 7) is 5.36. The van der Waals surface area contributed by atoms with Crippen LogP contribution >= 0.6 is 12.2 Å². The number of hydrogen-bond acceptors (Lipinski definition) is 4. The number of carbonyl (C=O) groups excluding carboxylic acids is 1. The van der Waals surface area contributed by atoms with Crippen LogP contribution in [0.5, 0.6) is 0 Å². The number of H-pyrrole nitrogens is 1. The van der Waals surface area contributed by atoms with Crippen molar-refractivity contribution >= 4 is 23.8 Å². The summed E-state index contributed by atoms with van der Waals surface area (Å²) in [5, 5.41) is 10.1. The van der Waals surface area contributed by atoms with Gasteiger partial charge in [0.25, 0.3) is 0 Å². The fourth-order valence-corrected chi connectivity index (χ4v) is 4.13. The van der Waals surface area contributed by atoms with Crippen LogP contribution in [0.2, 0.25) is 0 Å². The Morgan fingerprint density at radius 1 is 1.13 bits per heavy atom. The van der Waals surface area contributed by atoms with Gasteiger partial charge >= 0.3 is 0 Å². The predicted molar refractivity (Wildman–Crippen MR) is 122 cm³/mol. The summed E-state index contributed by atoms with van der Waals surface area (Å²) in [6.07, 6.45) is 3.86. The maximum absolute atomic E-state index is 12.8. The van der Waals surface area contributed by atoms with Gasteiger partial charge in [0.15, 0.2) is 10.6 Å². The molecular formula is C23H27N5OS. The Labute approximate surface area is 181 Å². The fraction of sp³-hybridized carbons (Fsp3) is 0.348. The molecule has 0 bridgehead atoms. The van der Waals surface area contributed by atoms with Crippen LogP contribution in [0.4, 0.5) is 5.69 Å². The minimum Gasteiger partial charge on any atom is -0.325 e. The molecule has 1 saturated heterocycles. The van der Waals surface area contributed by atoms with E-state index in [1.54, 1.807) is 4.57 Å². The Balaban J connectivity index is 1.45. The zero-order chi connectivity index (χ0) is 20.9. The van der Waals surface area contributed by atoms with Gasteiger partial charge in [-0.3, -0.25) is 19.4 Å². The molecule has 1 aliphatic rings. The Hall–Kier alpha value is -2.77. The minimum atomic E-state index is -0.128. The molecule has 1 aliphatic heterocycles. The lowest BCUT2D eigenvalue weighted by atomic mass is 10.1. The zero-order valence-corrected chi connectivity index (χ0v) is 18.0. The molecule has 1 amide bonds. The van der Waals surface area contributed by atoms with Crippen molar-refractivity contribution in [1.82, 2.24) is 19.7 Å². The van der Waals surface area contributed by atoms with E-state index in [2.05, 4.69) is 32.5 Å². The maximum Gasteiger partial charge on any atom is 0.244 e. The van der Waals surface area contributed by atoms with Gasteiger partial charge in [-0.25, -0.2) is 0 Å². The molecule has 2 heterocycles. The number of amides is 1. The molecule has 0 spiro atoms. The summed E-state index contributed by atoms with van der Waals surface area (Å²) >= 11 is 5.36. The third-order valence-corrected chi connectivity index (χ3v) is 5.71. The third kappa shape index (κ3) is 5.04. The van der Waals surface area contributed by atoms with E-state index in [0.717, 1.165) is 36.4 Å². The van der Waals surface area contributed by atoms with Gasteiger partial charge < -0.3 is 5.32 Å². The van der Waals surface area contributed by atoms with E-state index in [0.29, 0.717) is 10.6 Å². The molecule has 4 rings (SSSR count). The molecule has 0 aliphatic carbocycles. The van der Waals surface area contributed by atoms with E-state index in [4.69, 9.17) is 12.2 Å². The van der Waals surface area contributed by atoms with Gasteiger partial charge in [-0.05, 0) is 68.8 Å². The number of benzene rings is 2. The molecule has 0 unspecified atom stereocenters. The Bertz CT molecular complexity index is 1080. The topological polar surface area (TPSA) is 66.0 Å². The average molecular weight is 422 g/mol. The Kier molecular flexibility index (Phi) is 6.40. The highest BCUT2D eigenvalue weighted by Crippen LogP contribution is 2.19. The Morgan fingerprint density at radius 2 is 1.93 bits per heavy atom. The van der Waals surface area contributed by atoms with Gasteiger partial charge in [0.05, 0.1) is 0 Å². The molecule has 2 aromatic carbocycles. The summed E-state index contributed by atoms with van der Waals surface area (Å²) in [5.41, 5.74) is 4.08.